The maximum atomic E-state index is 13.2. The zero-order valence-electron chi connectivity index (χ0n) is 21.3. The van der Waals surface area contributed by atoms with Crippen molar-refractivity contribution in [3.8, 4) is 17.2 Å². The predicted molar refractivity (Wildman–Crippen MR) is 230 cm³/mol. The highest BCUT2D eigenvalue weighted by atomic mass is 127. The molecule has 4 aromatic rings. The third kappa shape index (κ3) is 10.1. The number of esters is 3. The van der Waals surface area contributed by atoms with Crippen molar-refractivity contribution in [1.82, 2.24) is 0 Å². The van der Waals surface area contributed by atoms with E-state index in [4.69, 9.17) is 14.2 Å². The second-order valence-corrected chi connectivity index (χ2v) is 19.1. The zero-order valence-corrected chi connectivity index (χ0v) is 39.4. The summed E-state index contributed by atoms with van der Waals surface area (Å²) in [6.07, 6.45) is 0. The van der Waals surface area contributed by atoms with E-state index in [0.29, 0.717) is 18.3 Å². The summed E-state index contributed by atoms with van der Waals surface area (Å²) in [5, 5.41) is 0. The number of hydrogen-bond acceptors (Lipinski definition) is 9. The first kappa shape index (κ1) is 38.8. The Morgan fingerprint density at radius 1 is 0.511 bits per heavy atom. The molecule has 18 heteroatoms. The van der Waals surface area contributed by atoms with Crippen molar-refractivity contribution in [3.63, 3.8) is 0 Å². The molecule has 0 fully saturated rings. The van der Waals surface area contributed by atoms with Crippen molar-refractivity contribution in [2.75, 3.05) is 0 Å². The third-order valence-corrected chi connectivity index (χ3v) is 16.1. The molecule has 9 nitrogen and oxygen atoms in total. The molecule has 0 aliphatic heterocycles. The van der Waals surface area contributed by atoms with Gasteiger partial charge in [-0.3, -0.25) is 0 Å². The van der Waals surface area contributed by atoms with E-state index in [1.165, 1.54) is 30.3 Å². The lowest BCUT2D eigenvalue weighted by molar-refractivity contribution is 0.0729. The number of halogens is 8. The van der Waals surface area contributed by atoms with E-state index < -0.39 is 32.9 Å². The molecule has 234 valence electrons. The number of carbonyl (C=O) groups is 3. The molecular formula is C27H9I8O9S-. The van der Waals surface area contributed by atoms with E-state index in [9.17, 15) is 27.4 Å². The van der Waals surface area contributed by atoms with Crippen LogP contribution in [0.4, 0.5) is 0 Å². The zero-order chi connectivity index (χ0) is 33.4. The molecular weight excluding hydrogens is 1520 g/mol. The van der Waals surface area contributed by atoms with Gasteiger partial charge in [-0.2, -0.15) is 0 Å². The van der Waals surface area contributed by atoms with Crippen molar-refractivity contribution in [1.29, 1.82) is 0 Å². The van der Waals surface area contributed by atoms with Gasteiger partial charge in [0.05, 0.1) is 21.6 Å². The number of carbonyl (C=O) groups excluding carboxylic acids is 3. The summed E-state index contributed by atoms with van der Waals surface area (Å²) >= 11 is 15.8. The predicted octanol–water partition coefficient (Wildman–Crippen LogP) is 9.09. The molecule has 4 rings (SSSR count). The van der Waals surface area contributed by atoms with Gasteiger partial charge in [0.2, 0.25) is 0 Å². The summed E-state index contributed by atoms with van der Waals surface area (Å²) in [6.45, 7) is 0. The summed E-state index contributed by atoms with van der Waals surface area (Å²) in [5.41, 5.74) is 0.588. The summed E-state index contributed by atoms with van der Waals surface area (Å²) < 4.78 is 56.6. The molecule has 45 heavy (non-hydrogen) atoms. The van der Waals surface area contributed by atoms with Crippen LogP contribution in [-0.2, 0) is 10.1 Å². The van der Waals surface area contributed by atoms with E-state index in [2.05, 4.69) is 90.4 Å². The van der Waals surface area contributed by atoms with Crippen LogP contribution >= 0.6 is 181 Å². The molecule has 0 aliphatic rings. The quantitative estimate of drug-likeness (QED) is 0.0584. The van der Waals surface area contributed by atoms with Crippen LogP contribution in [0, 0.1) is 28.6 Å². The maximum Gasteiger partial charge on any atom is 0.344 e. The van der Waals surface area contributed by atoms with E-state index in [-0.39, 0.29) is 30.0 Å². The van der Waals surface area contributed by atoms with Crippen molar-refractivity contribution < 1.29 is 41.6 Å². The van der Waals surface area contributed by atoms with Crippen LogP contribution in [-0.4, -0.2) is 30.9 Å². The topological polar surface area (TPSA) is 136 Å². The Bertz CT molecular complexity index is 1900. The number of rotatable bonds is 7. The molecule has 0 aliphatic carbocycles. The molecule has 0 unspecified atom stereocenters. The van der Waals surface area contributed by atoms with Gasteiger partial charge in [-0.05, 0) is 217 Å². The van der Waals surface area contributed by atoms with E-state index in [1.54, 1.807) is 57.3 Å². The third-order valence-electron chi connectivity index (χ3n) is 5.39. The van der Waals surface area contributed by atoms with Crippen LogP contribution in [0.5, 0.6) is 17.2 Å². The second kappa shape index (κ2) is 16.4. The van der Waals surface area contributed by atoms with Gasteiger partial charge < -0.3 is 18.8 Å². The SMILES string of the molecule is O=C(Oc1cc(OC(=O)c2cc(I)cc(I)c2I)cc(OC(=O)c2cc(I)cc(I)c2I)c1)c1cc(I)c(S(=O)(=O)[O-])c(I)c1. The first-order valence-electron chi connectivity index (χ1n) is 11.5. The van der Waals surface area contributed by atoms with Crippen molar-refractivity contribution >= 4 is 209 Å². The highest BCUT2D eigenvalue weighted by molar-refractivity contribution is 14.1. The van der Waals surface area contributed by atoms with E-state index in [0.717, 1.165) is 14.3 Å². The summed E-state index contributed by atoms with van der Waals surface area (Å²) in [4.78, 5) is 39.2. The fraction of sp³-hybridized carbons (Fsp3) is 0. The van der Waals surface area contributed by atoms with Gasteiger partial charge in [0, 0.05) is 46.8 Å². The Balaban J connectivity index is 1.73. The van der Waals surface area contributed by atoms with Gasteiger partial charge in [-0.1, -0.05) is 0 Å². The van der Waals surface area contributed by atoms with Crippen LogP contribution in [0.15, 0.2) is 59.5 Å². The maximum absolute atomic E-state index is 13.2. The lowest BCUT2D eigenvalue weighted by Gasteiger charge is -2.14. The van der Waals surface area contributed by atoms with Crippen molar-refractivity contribution in [2.24, 2.45) is 0 Å². The Kier molecular flexibility index (Phi) is 14.1. The molecule has 0 spiro atoms. The lowest BCUT2D eigenvalue weighted by Crippen LogP contribution is -2.15. The highest BCUT2D eigenvalue weighted by Gasteiger charge is 2.22. The first-order valence-corrected chi connectivity index (χ1v) is 21.5. The Hall–Kier alpha value is 1.04. The molecule has 0 atom stereocenters. The molecule has 4 aromatic carbocycles. The number of benzene rings is 4. The van der Waals surface area contributed by atoms with Gasteiger partial charge in [0.15, 0.2) is 0 Å². The van der Waals surface area contributed by atoms with E-state index >= 15 is 0 Å². The van der Waals surface area contributed by atoms with Crippen LogP contribution in [0.3, 0.4) is 0 Å². The Labute approximate surface area is 365 Å². The van der Waals surface area contributed by atoms with Gasteiger partial charge in [0.1, 0.15) is 27.4 Å². The molecule has 0 saturated carbocycles. The second-order valence-electron chi connectivity index (χ2n) is 8.53. The molecule has 0 aromatic heterocycles. The van der Waals surface area contributed by atoms with E-state index in [1.807, 2.05) is 57.3 Å². The summed E-state index contributed by atoms with van der Waals surface area (Å²) in [6, 6.07) is 13.5. The first-order chi connectivity index (χ1) is 20.9. The monoisotopic (exact) mass is 1520 g/mol. The smallest absolute Gasteiger partial charge is 0.344 e. The van der Waals surface area contributed by atoms with Crippen LogP contribution in [0.1, 0.15) is 31.1 Å². The average molecular weight is 1520 g/mol. The Morgan fingerprint density at radius 2 is 0.867 bits per heavy atom. The van der Waals surface area contributed by atoms with Gasteiger partial charge in [-0.15, -0.1) is 0 Å². The molecule has 0 N–H and O–H groups in total. The fourth-order valence-electron chi connectivity index (χ4n) is 3.54. The van der Waals surface area contributed by atoms with Crippen LogP contribution in [0.25, 0.3) is 0 Å². The highest BCUT2D eigenvalue weighted by Crippen LogP contribution is 2.33. The minimum atomic E-state index is -4.78. The Morgan fingerprint density at radius 3 is 1.22 bits per heavy atom. The number of ether oxygens (including phenoxy) is 3. The average Bonchev–Trinajstić information content (AvgIpc) is 2.91. The normalized spacial score (nSPS) is 11.2. The number of hydrogen-bond donors (Lipinski definition) is 0. The van der Waals surface area contributed by atoms with Crippen molar-refractivity contribution in [3.05, 3.63) is 99.8 Å². The lowest BCUT2D eigenvalue weighted by atomic mass is 10.2. The molecule has 0 radical (unpaired) electrons. The van der Waals surface area contributed by atoms with Gasteiger partial charge in [-0.25, -0.2) is 22.8 Å². The minimum Gasteiger partial charge on any atom is -0.744 e. The molecule has 0 amide bonds. The van der Waals surface area contributed by atoms with Gasteiger partial charge >= 0.3 is 17.9 Å². The summed E-state index contributed by atoms with van der Waals surface area (Å²) in [5.74, 6) is -2.53. The molecule has 0 heterocycles. The van der Waals surface area contributed by atoms with Crippen LogP contribution in [0.2, 0.25) is 0 Å². The standard InChI is InChI=1S/C27H10I8O9S/c28-11-3-16(22(34)18(30)5-11)26(37)43-14-7-13(42-25(36)10-1-20(32)24(21(33)2-10)45(39,40)41)8-15(9-14)44-27(38)17-4-12(29)6-19(31)23(17)35/h1-9H,(H,39,40,41)/p-1. The van der Waals surface area contributed by atoms with Crippen molar-refractivity contribution in [2.45, 2.75) is 4.90 Å². The molecule has 0 bridgehead atoms. The largest absolute Gasteiger partial charge is 0.744 e. The fourth-order valence-corrected chi connectivity index (χ4v) is 12.3. The van der Waals surface area contributed by atoms with Crippen LogP contribution < -0.4 is 14.2 Å². The van der Waals surface area contributed by atoms with Gasteiger partial charge in [0.25, 0.3) is 0 Å². The minimum absolute atomic E-state index is 0.0388. The molecule has 0 saturated heterocycles. The summed E-state index contributed by atoms with van der Waals surface area (Å²) in [7, 11) is -4.78.